The van der Waals surface area contributed by atoms with Gasteiger partial charge in [0.1, 0.15) is 0 Å². The molecule has 9 heteroatoms. The zero-order valence-electron chi connectivity index (χ0n) is 11.8. The Morgan fingerprint density at radius 2 is 2.10 bits per heavy atom. The first-order valence-corrected chi connectivity index (χ1v) is 7.95. The highest BCUT2D eigenvalue weighted by molar-refractivity contribution is 7.89. The van der Waals surface area contributed by atoms with E-state index in [0.29, 0.717) is 23.7 Å². The number of sulfonamides is 1. The van der Waals surface area contributed by atoms with Crippen molar-refractivity contribution in [1.82, 2.24) is 10.0 Å². The number of aryl methyl sites for hydroxylation is 1. The maximum atomic E-state index is 12.1. The lowest BCUT2D eigenvalue weighted by Crippen LogP contribution is -2.38. The van der Waals surface area contributed by atoms with Gasteiger partial charge in [0.05, 0.1) is 28.8 Å². The van der Waals surface area contributed by atoms with Gasteiger partial charge >= 0.3 is 0 Å². The monoisotopic (exact) mass is 335 g/mol. The van der Waals surface area contributed by atoms with E-state index in [-0.39, 0.29) is 17.1 Å². The summed E-state index contributed by atoms with van der Waals surface area (Å²) in [6, 6.07) is 2.64. The van der Waals surface area contributed by atoms with Gasteiger partial charge < -0.3 is 15.8 Å². The van der Waals surface area contributed by atoms with Crippen molar-refractivity contribution in [3.8, 4) is 0 Å². The van der Waals surface area contributed by atoms with E-state index in [1.54, 1.807) is 6.92 Å². The molecule has 1 aromatic rings. The second-order valence-electron chi connectivity index (χ2n) is 4.31. The number of nitrogen functional groups attached to an aromatic ring is 1. The Morgan fingerprint density at radius 3 is 2.67 bits per heavy atom. The molecule has 0 heterocycles. The third-order valence-corrected chi connectivity index (χ3v) is 4.51. The summed E-state index contributed by atoms with van der Waals surface area (Å²) in [5.41, 5.74) is 6.35. The molecular weight excluding hydrogens is 318 g/mol. The van der Waals surface area contributed by atoms with E-state index in [9.17, 15) is 13.2 Å². The minimum absolute atomic E-state index is 0.0356. The van der Waals surface area contributed by atoms with Gasteiger partial charge in [-0.2, -0.15) is 0 Å². The summed E-state index contributed by atoms with van der Waals surface area (Å²) in [6.45, 7) is 1.94. The molecule has 0 spiro atoms. The quantitative estimate of drug-likeness (QED) is 0.489. The van der Waals surface area contributed by atoms with Gasteiger partial charge in [-0.05, 0) is 24.6 Å². The number of hydrogen-bond acceptors (Lipinski definition) is 5. The van der Waals surface area contributed by atoms with E-state index in [0.717, 1.165) is 0 Å². The maximum Gasteiger partial charge on any atom is 0.241 e. The van der Waals surface area contributed by atoms with E-state index in [1.807, 2.05) is 0 Å². The van der Waals surface area contributed by atoms with Crippen LogP contribution in [0.2, 0.25) is 5.02 Å². The highest BCUT2D eigenvalue weighted by Gasteiger charge is 2.17. The summed E-state index contributed by atoms with van der Waals surface area (Å²) in [6.07, 6.45) is 0. The number of anilines is 1. The van der Waals surface area contributed by atoms with Crippen LogP contribution in [0.25, 0.3) is 0 Å². The molecule has 7 nitrogen and oxygen atoms in total. The number of nitrogens with two attached hydrogens (primary N) is 1. The van der Waals surface area contributed by atoms with Crippen LogP contribution in [0.1, 0.15) is 5.56 Å². The summed E-state index contributed by atoms with van der Waals surface area (Å²) in [7, 11) is -2.33. The number of carbonyl (C=O) groups is 1. The van der Waals surface area contributed by atoms with Crippen molar-refractivity contribution in [3.63, 3.8) is 0 Å². The van der Waals surface area contributed by atoms with Gasteiger partial charge in [0, 0.05) is 13.7 Å². The maximum absolute atomic E-state index is 12.1. The normalized spacial score (nSPS) is 11.4. The number of halogens is 1. The van der Waals surface area contributed by atoms with Crippen molar-refractivity contribution < 1.29 is 17.9 Å². The zero-order valence-corrected chi connectivity index (χ0v) is 13.3. The predicted octanol–water partition coefficient (Wildman–Crippen LogP) is 0.272. The topological polar surface area (TPSA) is 111 Å². The predicted molar refractivity (Wildman–Crippen MR) is 80.7 cm³/mol. The van der Waals surface area contributed by atoms with Crippen LogP contribution in [0.3, 0.4) is 0 Å². The average molecular weight is 336 g/mol. The smallest absolute Gasteiger partial charge is 0.241 e. The number of methoxy groups -OCH3 is 1. The molecule has 0 aliphatic rings. The fourth-order valence-corrected chi connectivity index (χ4v) is 2.73. The summed E-state index contributed by atoms with van der Waals surface area (Å²) in [4.78, 5) is 11.4. The van der Waals surface area contributed by atoms with Crippen LogP contribution >= 0.6 is 11.6 Å². The van der Waals surface area contributed by atoms with Crippen LogP contribution in [0, 0.1) is 6.92 Å². The minimum Gasteiger partial charge on any atom is -0.397 e. The van der Waals surface area contributed by atoms with E-state index in [1.165, 1.54) is 19.2 Å². The average Bonchev–Trinajstić information content (AvgIpc) is 2.42. The molecule has 1 rings (SSSR count). The number of ether oxygens (including phenoxy) is 1. The molecule has 0 aliphatic carbocycles. The highest BCUT2D eigenvalue weighted by atomic mass is 35.5. The van der Waals surface area contributed by atoms with Gasteiger partial charge in [-0.1, -0.05) is 11.6 Å². The zero-order chi connectivity index (χ0) is 16.0. The Hall–Kier alpha value is -1.35. The lowest BCUT2D eigenvalue weighted by atomic mass is 10.2. The van der Waals surface area contributed by atoms with Crippen molar-refractivity contribution in [2.75, 3.05) is 32.5 Å². The van der Waals surface area contributed by atoms with E-state index >= 15 is 0 Å². The second-order valence-corrected chi connectivity index (χ2v) is 6.46. The van der Waals surface area contributed by atoms with Gasteiger partial charge in [-0.25, -0.2) is 13.1 Å². The van der Waals surface area contributed by atoms with Crippen molar-refractivity contribution in [2.24, 2.45) is 0 Å². The second kappa shape index (κ2) is 7.60. The molecule has 0 saturated heterocycles. The molecule has 0 bridgehead atoms. The molecule has 0 fully saturated rings. The number of carbonyl (C=O) groups excluding carboxylic acids is 1. The standard InChI is InChI=1S/C12H18ClN3O4S/c1-8-5-9(6-10(14)12(8)13)21(18,19)16-7-11(17)15-3-4-20-2/h5-6,16H,3-4,7,14H2,1-2H3,(H,15,17). The van der Waals surface area contributed by atoms with Crippen molar-refractivity contribution >= 4 is 33.2 Å². The summed E-state index contributed by atoms with van der Waals surface area (Å²) in [5.74, 6) is -0.450. The van der Waals surface area contributed by atoms with Crippen molar-refractivity contribution in [3.05, 3.63) is 22.7 Å². The lowest BCUT2D eigenvalue weighted by Gasteiger charge is -2.10. The number of rotatable bonds is 7. The van der Waals surface area contributed by atoms with Crippen LogP contribution in [0.15, 0.2) is 17.0 Å². The molecule has 0 aromatic heterocycles. The first-order chi connectivity index (χ1) is 9.77. The van der Waals surface area contributed by atoms with Crippen LogP contribution in [-0.2, 0) is 19.6 Å². The van der Waals surface area contributed by atoms with E-state index in [4.69, 9.17) is 22.1 Å². The molecule has 0 atom stereocenters. The number of nitrogens with one attached hydrogen (secondary N) is 2. The van der Waals surface area contributed by atoms with E-state index < -0.39 is 15.9 Å². The van der Waals surface area contributed by atoms with Crippen LogP contribution in [-0.4, -0.2) is 41.1 Å². The first kappa shape index (κ1) is 17.7. The molecular formula is C12H18ClN3O4S. The molecule has 0 saturated carbocycles. The molecule has 0 aliphatic heterocycles. The van der Waals surface area contributed by atoms with Gasteiger partial charge in [-0.15, -0.1) is 0 Å². The Labute approximate surface area is 128 Å². The van der Waals surface area contributed by atoms with Crippen LogP contribution in [0.5, 0.6) is 0 Å². The van der Waals surface area contributed by atoms with Gasteiger partial charge in [0.15, 0.2) is 0 Å². The van der Waals surface area contributed by atoms with Gasteiger partial charge in [0.25, 0.3) is 0 Å². The third-order valence-electron chi connectivity index (χ3n) is 2.62. The Kier molecular flexibility index (Phi) is 6.41. The molecule has 118 valence electrons. The summed E-state index contributed by atoms with van der Waals surface area (Å²) < 4.78 is 31.1. The molecule has 21 heavy (non-hydrogen) atoms. The SMILES string of the molecule is COCCNC(=O)CNS(=O)(=O)c1cc(C)c(Cl)c(N)c1. The summed E-state index contributed by atoms with van der Waals surface area (Å²) >= 11 is 5.88. The van der Waals surface area contributed by atoms with Gasteiger partial charge in [0.2, 0.25) is 15.9 Å². The first-order valence-electron chi connectivity index (χ1n) is 6.09. The molecule has 0 radical (unpaired) electrons. The molecule has 1 amide bonds. The van der Waals surface area contributed by atoms with Crippen molar-refractivity contribution in [1.29, 1.82) is 0 Å². The van der Waals surface area contributed by atoms with Crippen LogP contribution < -0.4 is 15.8 Å². The molecule has 4 N–H and O–H groups in total. The highest BCUT2D eigenvalue weighted by Crippen LogP contribution is 2.26. The number of hydrogen-bond donors (Lipinski definition) is 3. The Balaban J connectivity index is 2.72. The third kappa shape index (κ3) is 5.16. The number of amides is 1. The molecule has 1 aromatic carbocycles. The minimum atomic E-state index is -3.83. The van der Waals surface area contributed by atoms with E-state index in [2.05, 4.69) is 10.0 Å². The lowest BCUT2D eigenvalue weighted by molar-refractivity contribution is -0.120. The fourth-order valence-electron chi connectivity index (χ4n) is 1.52. The van der Waals surface area contributed by atoms with Gasteiger partial charge in [-0.3, -0.25) is 4.79 Å². The van der Waals surface area contributed by atoms with Crippen LogP contribution in [0.4, 0.5) is 5.69 Å². The number of benzene rings is 1. The molecule has 0 unspecified atom stereocenters. The largest absolute Gasteiger partial charge is 0.397 e. The Bertz CT molecular complexity index is 596. The van der Waals surface area contributed by atoms with Crippen molar-refractivity contribution in [2.45, 2.75) is 11.8 Å². The fraction of sp³-hybridized carbons (Fsp3) is 0.417. The summed E-state index contributed by atoms with van der Waals surface area (Å²) in [5, 5.41) is 2.81. The Morgan fingerprint density at radius 1 is 1.43 bits per heavy atom.